The third kappa shape index (κ3) is 6.25. The Morgan fingerprint density at radius 1 is 1.40 bits per heavy atom. The SMILES string of the molecule is CCCC(CCN)CCC(=O)NC(C)c1ccc(Cl)s1. The van der Waals surface area contributed by atoms with E-state index in [0.717, 1.165) is 34.9 Å². The highest BCUT2D eigenvalue weighted by Crippen LogP contribution is 2.26. The summed E-state index contributed by atoms with van der Waals surface area (Å²) in [6.07, 6.45) is 4.82. The molecule has 5 heteroatoms. The summed E-state index contributed by atoms with van der Waals surface area (Å²) in [5, 5.41) is 3.03. The summed E-state index contributed by atoms with van der Waals surface area (Å²) < 4.78 is 0.757. The van der Waals surface area contributed by atoms with Crippen LogP contribution in [-0.4, -0.2) is 12.5 Å². The molecule has 0 aliphatic rings. The molecule has 0 saturated heterocycles. The molecule has 0 aromatic carbocycles. The summed E-state index contributed by atoms with van der Waals surface area (Å²) in [4.78, 5) is 13.1. The number of rotatable bonds is 9. The molecular formula is C15H25ClN2OS. The zero-order valence-corrected chi connectivity index (χ0v) is 13.9. The van der Waals surface area contributed by atoms with Gasteiger partial charge in [-0.2, -0.15) is 0 Å². The Kier molecular flexibility index (Phi) is 8.19. The first-order chi connectivity index (χ1) is 9.56. The third-order valence-corrected chi connectivity index (χ3v) is 4.86. The lowest BCUT2D eigenvalue weighted by molar-refractivity contribution is -0.122. The minimum Gasteiger partial charge on any atom is -0.349 e. The summed E-state index contributed by atoms with van der Waals surface area (Å²) in [6.45, 7) is 4.87. The van der Waals surface area contributed by atoms with Gasteiger partial charge in [-0.25, -0.2) is 0 Å². The maximum atomic E-state index is 12.0. The van der Waals surface area contributed by atoms with Crippen LogP contribution in [0.2, 0.25) is 4.34 Å². The minimum atomic E-state index is 0.0270. The Labute approximate surface area is 130 Å². The second kappa shape index (κ2) is 9.37. The van der Waals surface area contributed by atoms with Crippen LogP contribution >= 0.6 is 22.9 Å². The van der Waals surface area contributed by atoms with Crippen LogP contribution in [0.4, 0.5) is 0 Å². The van der Waals surface area contributed by atoms with Gasteiger partial charge in [-0.15, -0.1) is 11.3 Å². The molecular weight excluding hydrogens is 292 g/mol. The van der Waals surface area contributed by atoms with E-state index in [2.05, 4.69) is 12.2 Å². The zero-order valence-electron chi connectivity index (χ0n) is 12.3. The van der Waals surface area contributed by atoms with Crippen LogP contribution in [-0.2, 0) is 4.79 Å². The van der Waals surface area contributed by atoms with E-state index >= 15 is 0 Å². The number of hydrogen-bond donors (Lipinski definition) is 2. The molecule has 0 aliphatic carbocycles. The number of nitrogens with two attached hydrogens (primary N) is 1. The first kappa shape index (κ1) is 17.5. The molecule has 2 unspecified atom stereocenters. The number of nitrogens with one attached hydrogen (secondary N) is 1. The lowest BCUT2D eigenvalue weighted by Crippen LogP contribution is -2.26. The molecule has 0 radical (unpaired) electrons. The standard InChI is InChI=1S/C15H25ClN2OS/c1-3-4-12(9-10-17)5-8-15(19)18-11(2)13-6-7-14(16)20-13/h6-7,11-12H,3-5,8-10,17H2,1-2H3,(H,18,19). The molecule has 20 heavy (non-hydrogen) atoms. The van der Waals surface area contributed by atoms with Gasteiger partial charge in [-0.05, 0) is 44.4 Å². The van der Waals surface area contributed by atoms with Crippen molar-refractivity contribution in [3.8, 4) is 0 Å². The Morgan fingerprint density at radius 3 is 2.70 bits per heavy atom. The first-order valence-corrected chi connectivity index (χ1v) is 8.50. The smallest absolute Gasteiger partial charge is 0.220 e. The van der Waals surface area contributed by atoms with Crippen molar-refractivity contribution < 1.29 is 4.79 Å². The fraction of sp³-hybridized carbons (Fsp3) is 0.667. The van der Waals surface area contributed by atoms with Crippen LogP contribution in [0, 0.1) is 5.92 Å². The summed E-state index contributed by atoms with van der Waals surface area (Å²) in [7, 11) is 0. The summed E-state index contributed by atoms with van der Waals surface area (Å²) in [6, 6.07) is 3.86. The lowest BCUT2D eigenvalue weighted by atomic mass is 9.94. The maximum Gasteiger partial charge on any atom is 0.220 e. The van der Waals surface area contributed by atoms with Gasteiger partial charge in [0, 0.05) is 11.3 Å². The molecule has 2 atom stereocenters. The van der Waals surface area contributed by atoms with Crippen LogP contribution in [0.25, 0.3) is 0 Å². The van der Waals surface area contributed by atoms with Crippen molar-refractivity contribution >= 4 is 28.8 Å². The van der Waals surface area contributed by atoms with Crippen LogP contribution in [0.15, 0.2) is 12.1 Å². The number of carbonyl (C=O) groups excluding carboxylic acids is 1. The quantitative estimate of drug-likeness (QED) is 0.720. The predicted octanol–water partition coefficient (Wildman–Crippen LogP) is 4.12. The van der Waals surface area contributed by atoms with Crippen molar-refractivity contribution in [1.82, 2.24) is 5.32 Å². The molecule has 0 fully saturated rings. The van der Waals surface area contributed by atoms with Crippen molar-refractivity contribution in [2.45, 2.75) is 52.0 Å². The van der Waals surface area contributed by atoms with Crippen molar-refractivity contribution in [2.24, 2.45) is 11.7 Å². The molecule has 0 spiro atoms. The highest BCUT2D eigenvalue weighted by Gasteiger charge is 2.14. The van der Waals surface area contributed by atoms with E-state index in [0.29, 0.717) is 18.9 Å². The van der Waals surface area contributed by atoms with E-state index in [1.165, 1.54) is 11.3 Å². The molecule has 0 bridgehead atoms. The Bertz CT molecular complexity index is 402. The van der Waals surface area contributed by atoms with Gasteiger partial charge in [-0.1, -0.05) is 31.4 Å². The number of halogens is 1. The summed E-state index contributed by atoms with van der Waals surface area (Å²) in [5.41, 5.74) is 5.61. The second-order valence-corrected chi connectivity index (χ2v) is 6.95. The Hall–Kier alpha value is -0.580. The Balaban J connectivity index is 2.35. The van der Waals surface area contributed by atoms with Gasteiger partial charge < -0.3 is 11.1 Å². The van der Waals surface area contributed by atoms with Gasteiger partial charge in [-0.3, -0.25) is 4.79 Å². The fourth-order valence-corrected chi connectivity index (χ4v) is 3.42. The van der Waals surface area contributed by atoms with Crippen molar-refractivity contribution in [1.29, 1.82) is 0 Å². The van der Waals surface area contributed by atoms with Crippen molar-refractivity contribution in [2.75, 3.05) is 6.54 Å². The maximum absolute atomic E-state index is 12.0. The Morgan fingerprint density at radius 2 is 2.15 bits per heavy atom. The normalized spacial score (nSPS) is 14.0. The zero-order chi connectivity index (χ0) is 15.0. The number of carbonyl (C=O) groups is 1. The fourth-order valence-electron chi connectivity index (χ4n) is 2.36. The molecule has 1 aromatic heterocycles. The highest BCUT2D eigenvalue weighted by atomic mass is 35.5. The molecule has 0 aliphatic heterocycles. The van der Waals surface area contributed by atoms with Gasteiger partial charge in [0.1, 0.15) is 0 Å². The minimum absolute atomic E-state index is 0.0270. The second-order valence-electron chi connectivity index (χ2n) is 5.20. The predicted molar refractivity (Wildman–Crippen MR) is 87.2 cm³/mol. The van der Waals surface area contributed by atoms with Crippen LogP contribution < -0.4 is 11.1 Å². The summed E-state index contributed by atoms with van der Waals surface area (Å²) >= 11 is 7.42. The molecule has 0 saturated carbocycles. The summed E-state index contributed by atoms with van der Waals surface area (Å²) in [5.74, 6) is 0.683. The number of hydrogen-bond acceptors (Lipinski definition) is 3. The van der Waals surface area contributed by atoms with Gasteiger partial charge in [0.2, 0.25) is 5.91 Å². The van der Waals surface area contributed by atoms with Crippen molar-refractivity contribution in [3.63, 3.8) is 0 Å². The first-order valence-electron chi connectivity index (χ1n) is 7.31. The molecule has 1 aromatic rings. The largest absolute Gasteiger partial charge is 0.349 e. The topological polar surface area (TPSA) is 55.1 Å². The molecule has 1 rings (SSSR count). The van der Waals surface area contributed by atoms with Gasteiger partial charge in [0.05, 0.1) is 10.4 Å². The van der Waals surface area contributed by atoms with E-state index in [1.54, 1.807) is 0 Å². The monoisotopic (exact) mass is 316 g/mol. The molecule has 1 heterocycles. The van der Waals surface area contributed by atoms with E-state index in [9.17, 15) is 4.79 Å². The third-order valence-electron chi connectivity index (χ3n) is 3.45. The van der Waals surface area contributed by atoms with E-state index in [1.807, 2.05) is 19.1 Å². The molecule has 114 valence electrons. The number of thiophene rings is 1. The average Bonchev–Trinajstić information content (AvgIpc) is 2.83. The van der Waals surface area contributed by atoms with E-state index in [-0.39, 0.29) is 11.9 Å². The van der Waals surface area contributed by atoms with E-state index in [4.69, 9.17) is 17.3 Å². The van der Waals surface area contributed by atoms with Crippen LogP contribution in [0.1, 0.15) is 56.9 Å². The van der Waals surface area contributed by atoms with Crippen molar-refractivity contribution in [3.05, 3.63) is 21.3 Å². The lowest BCUT2D eigenvalue weighted by Gasteiger charge is -2.16. The van der Waals surface area contributed by atoms with Gasteiger partial charge in [0.25, 0.3) is 0 Å². The van der Waals surface area contributed by atoms with E-state index < -0.39 is 0 Å². The average molecular weight is 317 g/mol. The number of amides is 1. The van der Waals surface area contributed by atoms with Gasteiger partial charge in [0.15, 0.2) is 0 Å². The molecule has 3 N–H and O–H groups in total. The molecule has 1 amide bonds. The van der Waals surface area contributed by atoms with Crippen LogP contribution in [0.3, 0.4) is 0 Å². The highest BCUT2D eigenvalue weighted by molar-refractivity contribution is 7.16. The molecule has 3 nitrogen and oxygen atoms in total. The van der Waals surface area contributed by atoms with Gasteiger partial charge >= 0.3 is 0 Å². The van der Waals surface area contributed by atoms with Crippen LogP contribution in [0.5, 0.6) is 0 Å².